The molecule has 0 aliphatic rings. The van der Waals surface area contributed by atoms with Gasteiger partial charge in [-0.1, -0.05) is 36.4 Å². The lowest BCUT2D eigenvalue weighted by Gasteiger charge is -2.11. The van der Waals surface area contributed by atoms with Crippen LogP contribution in [0.1, 0.15) is 11.1 Å². The molecule has 0 bridgehead atoms. The van der Waals surface area contributed by atoms with Crippen LogP contribution < -0.4 is 19.5 Å². The smallest absolute Gasteiger partial charge is 0.213 e. The molecule has 2 rings (SSSR count). The molecule has 6 nitrogen and oxygen atoms in total. The predicted molar refractivity (Wildman–Crippen MR) is 98.3 cm³/mol. The van der Waals surface area contributed by atoms with E-state index in [-0.39, 0.29) is 5.75 Å². The highest BCUT2D eigenvalue weighted by Gasteiger charge is 2.10. The monoisotopic (exact) mass is 364 g/mol. The highest BCUT2D eigenvalue weighted by Crippen LogP contribution is 2.27. The minimum Gasteiger partial charge on any atom is -0.493 e. The van der Waals surface area contributed by atoms with Gasteiger partial charge in [0.15, 0.2) is 11.5 Å². The second-order valence-electron chi connectivity index (χ2n) is 5.49. The first-order valence-corrected chi connectivity index (χ1v) is 9.62. The zero-order valence-corrected chi connectivity index (χ0v) is 15.3. The number of ether oxygens (including phenoxy) is 2. The number of hydrogen-bond donors (Lipinski definition) is 2. The molecule has 0 heterocycles. The van der Waals surface area contributed by atoms with Gasteiger partial charge in [-0.05, 0) is 23.3 Å². The molecule has 0 aliphatic carbocycles. The number of methoxy groups -OCH3 is 2. The van der Waals surface area contributed by atoms with Crippen molar-refractivity contribution in [2.75, 3.05) is 26.5 Å². The van der Waals surface area contributed by atoms with Crippen LogP contribution in [0.3, 0.4) is 0 Å². The number of sulfonamides is 1. The van der Waals surface area contributed by atoms with Gasteiger partial charge in [-0.25, -0.2) is 13.1 Å². The summed E-state index contributed by atoms with van der Waals surface area (Å²) < 4.78 is 37.1. The Hall–Kier alpha value is -2.09. The number of rotatable bonds is 10. The van der Waals surface area contributed by atoms with Crippen LogP contribution in [0, 0.1) is 0 Å². The van der Waals surface area contributed by atoms with Gasteiger partial charge in [0.25, 0.3) is 0 Å². The third-order valence-corrected chi connectivity index (χ3v) is 4.99. The summed E-state index contributed by atoms with van der Waals surface area (Å²) in [5.41, 5.74) is 1.93. The molecular weight excluding hydrogens is 340 g/mol. The first-order chi connectivity index (χ1) is 12.0. The third-order valence-electron chi connectivity index (χ3n) is 3.66. The number of benzene rings is 2. The topological polar surface area (TPSA) is 76.7 Å². The fourth-order valence-electron chi connectivity index (χ4n) is 2.29. The minimum absolute atomic E-state index is 0.0210. The van der Waals surface area contributed by atoms with Crippen LogP contribution in [0.25, 0.3) is 0 Å². The van der Waals surface area contributed by atoms with Crippen molar-refractivity contribution in [3.8, 4) is 11.5 Å². The quantitative estimate of drug-likeness (QED) is 0.630. The van der Waals surface area contributed by atoms with Gasteiger partial charge in [-0.2, -0.15) is 0 Å². The lowest BCUT2D eigenvalue weighted by molar-refractivity contribution is 0.354. The molecule has 0 radical (unpaired) electrons. The Morgan fingerprint density at radius 2 is 1.60 bits per heavy atom. The fourth-order valence-corrected chi connectivity index (χ4v) is 3.24. The lowest BCUT2D eigenvalue weighted by Crippen LogP contribution is -2.31. The van der Waals surface area contributed by atoms with Crippen molar-refractivity contribution in [2.24, 2.45) is 0 Å². The second kappa shape index (κ2) is 9.41. The molecule has 2 aromatic rings. The molecule has 7 heteroatoms. The van der Waals surface area contributed by atoms with Crippen LogP contribution in [-0.2, 0) is 23.1 Å². The molecular formula is C18H24N2O4S. The van der Waals surface area contributed by atoms with E-state index in [4.69, 9.17) is 9.47 Å². The summed E-state index contributed by atoms with van der Waals surface area (Å²) in [6.07, 6.45) is 0. The molecule has 0 amide bonds. The van der Waals surface area contributed by atoms with Crippen LogP contribution >= 0.6 is 0 Å². The Morgan fingerprint density at radius 3 is 2.28 bits per heavy atom. The molecule has 0 saturated heterocycles. The summed E-state index contributed by atoms with van der Waals surface area (Å²) in [5.74, 6) is 1.34. The minimum atomic E-state index is -3.31. The van der Waals surface area contributed by atoms with Gasteiger partial charge in [-0.3, -0.25) is 0 Å². The Kier molecular flexibility index (Phi) is 7.24. The summed E-state index contributed by atoms with van der Waals surface area (Å²) in [6.45, 7) is 1.21. The van der Waals surface area contributed by atoms with E-state index in [1.807, 2.05) is 48.5 Å². The van der Waals surface area contributed by atoms with Crippen molar-refractivity contribution in [3.63, 3.8) is 0 Å². The number of hydrogen-bond acceptors (Lipinski definition) is 5. The highest BCUT2D eigenvalue weighted by atomic mass is 32.2. The first kappa shape index (κ1) is 19.2. The molecule has 0 fully saturated rings. The Balaban J connectivity index is 1.76. The average molecular weight is 364 g/mol. The third kappa shape index (κ3) is 6.38. The SMILES string of the molecule is COc1ccc(CNCCS(=O)(=O)NCc2ccccc2)cc1OC. The maximum atomic E-state index is 12.0. The fraction of sp³-hybridized carbons (Fsp3) is 0.333. The number of nitrogens with one attached hydrogen (secondary N) is 2. The standard InChI is InChI=1S/C18H24N2O4S/c1-23-17-9-8-16(12-18(17)24-2)13-19-10-11-25(21,22)20-14-15-6-4-3-5-7-15/h3-9,12,19-20H,10-11,13-14H2,1-2H3. The average Bonchev–Trinajstić information content (AvgIpc) is 2.64. The van der Waals surface area contributed by atoms with E-state index in [9.17, 15) is 8.42 Å². The van der Waals surface area contributed by atoms with E-state index in [2.05, 4.69) is 10.0 Å². The zero-order chi connectivity index (χ0) is 18.1. The largest absolute Gasteiger partial charge is 0.493 e. The predicted octanol–water partition coefficient (Wildman–Crippen LogP) is 1.91. The maximum Gasteiger partial charge on any atom is 0.213 e. The Morgan fingerprint density at radius 1 is 0.880 bits per heavy atom. The van der Waals surface area contributed by atoms with Crippen molar-refractivity contribution in [3.05, 3.63) is 59.7 Å². The van der Waals surface area contributed by atoms with Crippen LogP contribution in [0.2, 0.25) is 0 Å². The Bertz CT molecular complexity index is 764. The molecule has 0 aliphatic heterocycles. The van der Waals surface area contributed by atoms with Crippen molar-refractivity contribution in [1.82, 2.24) is 10.0 Å². The van der Waals surface area contributed by atoms with E-state index in [0.717, 1.165) is 11.1 Å². The maximum absolute atomic E-state index is 12.0. The summed E-state index contributed by atoms with van der Waals surface area (Å²) in [4.78, 5) is 0. The van der Waals surface area contributed by atoms with Gasteiger partial charge in [0, 0.05) is 19.6 Å². The van der Waals surface area contributed by atoms with E-state index >= 15 is 0 Å². The van der Waals surface area contributed by atoms with Crippen molar-refractivity contribution in [1.29, 1.82) is 0 Å². The lowest BCUT2D eigenvalue weighted by atomic mass is 10.2. The van der Waals surface area contributed by atoms with Gasteiger partial charge in [0.2, 0.25) is 10.0 Å². The molecule has 25 heavy (non-hydrogen) atoms. The normalized spacial score (nSPS) is 11.3. The van der Waals surface area contributed by atoms with E-state index in [0.29, 0.717) is 31.1 Å². The van der Waals surface area contributed by atoms with E-state index < -0.39 is 10.0 Å². The van der Waals surface area contributed by atoms with Crippen LogP contribution in [-0.4, -0.2) is 34.9 Å². The molecule has 0 unspecified atom stereocenters. The molecule has 0 aromatic heterocycles. The van der Waals surface area contributed by atoms with Crippen molar-refractivity contribution >= 4 is 10.0 Å². The van der Waals surface area contributed by atoms with Gasteiger partial charge in [-0.15, -0.1) is 0 Å². The van der Waals surface area contributed by atoms with E-state index in [1.54, 1.807) is 14.2 Å². The highest BCUT2D eigenvalue weighted by molar-refractivity contribution is 7.89. The van der Waals surface area contributed by atoms with Crippen LogP contribution in [0.15, 0.2) is 48.5 Å². The molecule has 136 valence electrons. The summed E-state index contributed by atoms with van der Waals surface area (Å²) in [5, 5.41) is 3.13. The molecule has 0 atom stereocenters. The van der Waals surface area contributed by atoms with Crippen LogP contribution in [0.5, 0.6) is 11.5 Å². The first-order valence-electron chi connectivity index (χ1n) is 7.97. The van der Waals surface area contributed by atoms with Crippen molar-refractivity contribution < 1.29 is 17.9 Å². The zero-order valence-electron chi connectivity index (χ0n) is 14.5. The summed E-state index contributed by atoms with van der Waals surface area (Å²) in [6, 6.07) is 15.0. The summed E-state index contributed by atoms with van der Waals surface area (Å²) >= 11 is 0. The van der Waals surface area contributed by atoms with E-state index in [1.165, 1.54) is 0 Å². The van der Waals surface area contributed by atoms with Crippen molar-refractivity contribution in [2.45, 2.75) is 13.1 Å². The molecule has 0 saturated carbocycles. The molecule has 0 spiro atoms. The Labute approximate surface area is 149 Å². The van der Waals surface area contributed by atoms with Gasteiger partial charge in [0.05, 0.1) is 20.0 Å². The summed E-state index contributed by atoms with van der Waals surface area (Å²) in [7, 11) is -0.145. The second-order valence-corrected chi connectivity index (χ2v) is 7.42. The molecule has 2 aromatic carbocycles. The van der Waals surface area contributed by atoms with Gasteiger partial charge < -0.3 is 14.8 Å². The van der Waals surface area contributed by atoms with Crippen LogP contribution in [0.4, 0.5) is 0 Å². The van der Waals surface area contributed by atoms with Gasteiger partial charge in [0.1, 0.15) is 0 Å². The molecule has 2 N–H and O–H groups in total. The van der Waals surface area contributed by atoms with Gasteiger partial charge >= 0.3 is 0 Å².